The molecule has 0 radical (unpaired) electrons. The third kappa shape index (κ3) is 3.37. The Morgan fingerprint density at radius 3 is 2.78 bits per heavy atom. The molecule has 0 aliphatic carbocycles. The molecule has 2 atom stereocenters. The summed E-state index contributed by atoms with van der Waals surface area (Å²) < 4.78 is 41.6. The van der Waals surface area contributed by atoms with E-state index >= 15 is 4.39 Å². The number of nitrogens with one attached hydrogen (secondary N) is 1. The number of hydrogen-bond donors (Lipinski definition) is 4. The molecule has 4 rings (SSSR count). The number of carbonyl (C=O) groups excluding carboxylic acids is 1. The number of benzene rings is 1. The van der Waals surface area contributed by atoms with E-state index < -0.39 is 37.9 Å². The fourth-order valence-electron chi connectivity index (χ4n) is 4.10. The molecule has 172 valence electrons. The maximum Gasteiger partial charge on any atom is 0.274 e. The molecule has 1 amide bonds. The Labute approximate surface area is 191 Å². The molecule has 1 fully saturated rings. The number of halogens is 2. The predicted molar refractivity (Wildman–Crippen MR) is 123 cm³/mol. The van der Waals surface area contributed by atoms with Crippen molar-refractivity contribution in [3.05, 3.63) is 58.1 Å². The molecule has 0 bridgehead atoms. The number of carbonyl (C=O) groups is 1. The number of nitrogens with zero attached hydrogens (tertiary/aromatic N) is 2. The highest BCUT2D eigenvalue weighted by molar-refractivity contribution is 8.26. The van der Waals surface area contributed by atoms with Gasteiger partial charge in [0.15, 0.2) is 0 Å². The molecule has 1 unspecified atom stereocenters. The maximum absolute atomic E-state index is 15.1. The number of aryl methyl sites for hydroxylation is 1. The summed E-state index contributed by atoms with van der Waals surface area (Å²) in [6.07, 6.45) is 1.37. The van der Waals surface area contributed by atoms with E-state index in [9.17, 15) is 13.9 Å². The quantitative estimate of drug-likeness (QED) is 0.524. The van der Waals surface area contributed by atoms with Crippen LogP contribution in [0, 0.1) is 12.7 Å². The highest BCUT2D eigenvalue weighted by Crippen LogP contribution is 2.66. The fraction of sp³-hybridized carbons (Fsp3) is 0.381. The van der Waals surface area contributed by atoms with Gasteiger partial charge >= 0.3 is 0 Å². The number of aromatic nitrogens is 1. The van der Waals surface area contributed by atoms with E-state index in [0.717, 1.165) is 0 Å². The molecule has 0 saturated carbocycles. The zero-order valence-corrected chi connectivity index (χ0v) is 19.3. The van der Waals surface area contributed by atoms with E-state index in [1.165, 1.54) is 24.4 Å². The van der Waals surface area contributed by atoms with E-state index in [2.05, 4.69) is 15.3 Å². The predicted octanol–water partition coefficient (Wildman–Crippen LogP) is 3.93. The van der Waals surface area contributed by atoms with Gasteiger partial charge in [-0.05, 0) is 50.6 Å². The van der Waals surface area contributed by atoms with Crippen molar-refractivity contribution in [2.45, 2.75) is 36.3 Å². The second-order valence-corrected chi connectivity index (χ2v) is 11.7. The van der Waals surface area contributed by atoms with Gasteiger partial charge in [0.25, 0.3) is 5.91 Å². The third-order valence-corrected chi connectivity index (χ3v) is 9.40. The number of amidine groups is 1. The van der Waals surface area contributed by atoms with Crippen LogP contribution in [0.4, 0.5) is 10.1 Å². The number of aliphatic imine (C=N–C) groups is 1. The number of rotatable bonds is 3. The Bertz CT molecular complexity index is 1140. The standard InChI is InChI=1S/C21H24ClFN4O4S/c1-11-6-12(22)8-25-17(11)18(28)26-13-4-5-15(23)14(7-13)21-10-31-9-16(21)32(29,30)20(2,3)19(24)27-21/h4-8,16,29-30H,9-10H2,1-3H3,(H2,24,27)(H,26,28)/t16-,21?/m1/s1. The molecule has 1 saturated heterocycles. The highest BCUT2D eigenvalue weighted by atomic mass is 35.5. The van der Waals surface area contributed by atoms with Crippen molar-refractivity contribution in [3.63, 3.8) is 0 Å². The van der Waals surface area contributed by atoms with E-state index in [1.807, 2.05) is 0 Å². The summed E-state index contributed by atoms with van der Waals surface area (Å²) in [6, 6.07) is 5.63. The zero-order chi connectivity index (χ0) is 23.5. The fourth-order valence-corrected chi connectivity index (χ4v) is 6.45. The van der Waals surface area contributed by atoms with E-state index in [1.54, 1.807) is 26.8 Å². The lowest BCUT2D eigenvalue weighted by molar-refractivity contribution is 0.102. The van der Waals surface area contributed by atoms with Crippen LogP contribution in [0.2, 0.25) is 5.02 Å². The van der Waals surface area contributed by atoms with Crippen LogP contribution in [0.25, 0.3) is 0 Å². The first kappa shape index (κ1) is 22.9. The first-order valence-electron chi connectivity index (χ1n) is 9.84. The van der Waals surface area contributed by atoms with Crippen LogP contribution in [0.1, 0.15) is 35.5 Å². The van der Waals surface area contributed by atoms with E-state index in [-0.39, 0.29) is 36.0 Å². The van der Waals surface area contributed by atoms with Gasteiger partial charge in [-0.15, -0.1) is 0 Å². The topological polar surface area (TPSA) is 130 Å². The maximum atomic E-state index is 15.1. The first-order chi connectivity index (χ1) is 14.9. The Kier molecular flexibility index (Phi) is 5.50. The number of ether oxygens (including phenoxy) is 1. The molecule has 3 heterocycles. The molecular formula is C21H24ClFN4O4S. The first-order valence-corrected chi connectivity index (χ1v) is 11.8. The minimum atomic E-state index is -3.36. The number of hydrogen-bond acceptors (Lipinski definition) is 7. The van der Waals surface area contributed by atoms with Crippen molar-refractivity contribution >= 4 is 39.6 Å². The van der Waals surface area contributed by atoms with Gasteiger partial charge in [-0.2, -0.15) is 10.6 Å². The van der Waals surface area contributed by atoms with E-state index in [4.69, 9.17) is 22.1 Å². The van der Waals surface area contributed by atoms with Gasteiger partial charge in [0.2, 0.25) is 0 Å². The molecule has 5 N–H and O–H groups in total. The summed E-state index contributed by atoms with van der Waals surface area (Å²) in [6.45, 7) is 4.81. The number of pyridine rings is 1. The molecular weight excluding hydrogens is 459 g/mol. The van der Waals surface area contributed by atoms with Crippen LogP contribution in [-0.2, 0) is 10.3 Å². The van der Waals surface area contributed by atoms with Crippen molar-refractivity contribution < 1.29 is 23.0 Å². The van der Waals surface area contributed by atoms with Crippen LogP contribution in [0.15, 0.2) is 35.5 Å². The third-order valence-electron chi connectivity index (χ3n) is 6.16. The van der Waals surface area contributed by atoms with Gasteiger partial charge in [0.1, 0.15) is 32.9 Å². The zero-order valence-electron chi connectivity index (χ0n) is 17.7. The number of amides is 1. The van der Waals surface area contributed by atoms with Crippen molar-refractivity contribution in [2.75, 3.05) is 18.5 Å². The minimum Gasteiger partial charge on any atom is -0.386 e. The summed E-state index contributed by atoms with van der Waals surface area (Å²) >= 11 is 5.90. The smallest absolute Gasteiger partial charge is 0.274 e. The van der Waals surface area contributed by atoms with Gasteiger partial charge in [0, 0.05) is 17.4 Å². The average Bonchev–Trinajstić information content (AvgIpc) is 3.14. The Hall–Kier alpha value is -2.24. The largest absolute Gasteiger partial charge is 0.386 e. The van der Waals surface area contributed by atoms with Crippen LogP contribution < -0.4 is 11.1 Å². The van der Waals surface area contributed by atoms with Gasteiger partial charge < -0.3 is 15.8 Å². The van der Waals surface area contributed by atoms with Crippen LogP contribution >= 0.6 is 22.2 Å². The summed E-state index contributed by atoms with van der Waals surface area (Å²) in [7, 11) is -3.36. The van der Waals surface area contributed by atoms with E-state index in [0.29, 0.717) is 10.6 Å². The molecule has 2 aromatic rings. The molecule has 1 aromatic heterocycles. The van der Waals surface area contributed by atoms with Crippen LogP contribution in [0.5, 0.6) is 0 Å². The van der Waals surface area contributed by atoms with Crippen molar-refractivity contribution in [1.82, 2.24) is 4.98 Å². The molecule has 2 aliphatic rings. The van der Waals surface area contributed by atoms with Gasteiger partial charge in [-0.3, -0.25) is 18.9 Å². The van der Waals surface area contributed by atoms with Gasteiger partial charge in [0.05, 0.1) is 18.2 Å². The molecule has 11 heteroatoms. The summed E-state index contributed by atoms with van der Waals surface area (Å²) in [5.74, 6) is -1.11. The normalized spacial score (nSPS) is 26.7. The number of anilines is 1. The van der Waals surface area contributed by atoms with Crippen molar-refractivity contribution in [2.24, 2.45) is 10.7 Å². The Balaban J connectivity index is 1.76. The molecule has 0 spiro atoms. The van der Waals surface area contributed by atoms with Crippen molar-refractivity contribution in [1.29, 1.82) is 0 Å². The molecule has 32 heavy (non-hydrogen) atoms. The van der Waals surface area contributed by atoms with Crippen LogP contribution in [0.3, 0.4) is 0 Å². The second kappa shape index (κ2) is 7.67. The molecule has 1 aromatic carbocycles. The van der Waals surface area contributed by atoms with Crippen LogP contribution in [-0.4, -0.2) is 49.0 Å². The molecule has 2 aliphatic heterocycles. The summed E-state index contributed by atoms with van der Waals surface area (Å²) in [5.41, 5.74) is 5.82. The van der Waals surface area contributed by atoms with Gasteiger partial charge in [-0.1, -0.05) is 11.6 Å². The summed E-state index contributed by atoms with van der Waals surface area (Å²) in [4.78, 5) is 21.3. The average molecular weight is 483 g/mol. The number of fused-ring (bicyclic) bond motifs is 1. The lowest BCUT2D eigenvalue weighted by Crippen LogP contribution is -2.57. The highest BCUT2D eigenvalue weighted by Gasteiger charge is 2.61. The Morgan fingerprint density at radius 1 is 1.38 bits per heavy atom. The molecule has 8 nitrogen and oxygen atoms in total. The lowest BCUT2D eigenvalue weighted by Gasteiger charge is -2.56. The lowest BCUT2D eigenvalue weighted by atomic mass is 9.87. The van der Waals surface area contributed by atoms with Crippen molar-refractivity contribution in [3.8, 4) is 0 Å². The second-order valence-electron chi connectivity index (χ2n) is 8.50. The summed E-state index contributed by atoms with van der Waals surface area (Å²) in [5, 5.41) is 2.22. The minimum absolute atomic E-state index is 0.00748. The Morgan fingerprint density at radius 2 is 2.09 bits per heavy atom. The number of nitrogens with two attached hydrogens (primary N) is 1. The SMILES string of the molecule is Cc1cc(Cl)cnc1C(=O)Nc1ccc(F)c(C23COC[C@H]2S(O)(O)C(C)(C)C(N)=N3)c1. The van der Waals surface area contributed by atoms with Gasteiger partial charge in [-0.25, -0.2) is 9.37 Å². The monoisotopic (exact) mass is 482 g/mol.